The summed E-state index contributed by atoms with van der Waals surface area (Å²) < 4.78 is 4.95. The fourth-order valence-corrected chi connectivity index (χ4v) is 1.43. The van der Waals surface area contributed by atoms with Crippen LogP contribution in [-0.4, -0.2) is 43.7 Å². The number of hydrogen-bond donors (Lipinski definition) is 1. The largest absolute Gasteiger partial charge is 0.383 e. The molecule has 2 atom stereocenters. The van der Waals surface area contributed by atoms with Gasteiger partial charge in [-0.1, -0.05) is 20.3 Å². The number of carbonyl (C=O) groups is 1. The quantitative estimate of drug-likeness (QED) is 0.680. The lowest BCUT2D eigenvalue weighted by molar-refractivity contribution is -0.134. The van der Waals surface area contributed by atoms with Crippen molar-refractivity contribution < 1.29 is 9.53 Å². The Labute approximate surface area is 104 Å². The highest BCUT2D eigenvalue weighted by Gasteiger charge is 2.24. The molecule has 5 nitrogen and oxygen atoms in total. The van der Waals surface area contributed by atoms with E-state index in [0.717, 1.165) is 6.42 Å². The summed E-state index contributed by atoms with van der Waals surface area (Å²) >= 11 is 0. The molecule has 1 amide bonds. The summed E-state index contributed by atoms with van der Waals surface area (Å²) in [5.74, 6) is 0.0567. The van der Waals surface area contributed by atoms with Crippen LogP contribution in [0.1, 0.15) is 26.7 Å². The van der Waals surface area contributed by atoms with E-state index in [1.807, 2.05) is 19.9 Å². The lowest BCUT2D eigenvalue weighted by Gasteiger charge is -2.27. The molecular weight excluding hydrogens is 218 g/mol. The van der Waals surface area contributed by atoms with Gasteiger partial charge in [0.25, 0.3) is 0 Å². The Bertz CT molecular complexity index is 263. The molecule has 98 valence electrons. The van der Waals surface area contributed by atoms with Crippen LogP contribution >= 0.6 is 0 Å². The molecule has 0 aliphatic rings. The van der Waals surface area contributed by atoms with E-state index in [0.29, 0.717) is 26.1 Å². The monoisotopic (exact) mass is 241 g/mol. The molecule has 0 bridgehead atoms. The molecule has 0 aromatic carbocycles. The van der Waals surface area contributed by atoms with Crippen molar-refractivity contribution in [1.29, 1.82) is 5.26 Å². The van der Waals surface area contributed by atoms with E-state index in [1.165, 1.54) is 0 Å². The first-order valence-electron chi connectivity index (χ1n) is 5.98. The number of rotatable bonds is 8. The average molecular weight is 241 g/mol. The highest BCUT2D eigenvalue weighted by Crippen LogP contribution is 2.08. The molecule has 17 heavy (non-hydrogen) atoms. The first-order valence-corrected chi connectivity index (χ1v) is 5.98. The minimum atomic E-state index is -0.490. The smallest absolute Gasteiger partial charge is 0.239 e. The van der Waals surface area contributed by atoms with Crippen LogP contribution < -0.4 is 5.73 Å². The summed E-state index contributed by atoms with van der Waals surface area (Å²) in [6.45, 7) is 5.34. The van der Waals surface area contributed by atoms with Crippen LogP contribution in [0, 0.1) is 17.2 Å². The van der Waals surface area contributed by atoms with E-state index in [9.17, 15) is 4.79 Å². The van der Waals surface area contributed by atoms with Gasteiger partial charge in [0.1, 0.15) is 0 Å². The van der Waals surface area contributed by atoms with E-state index in [-0.39, 0.29) is 11.8 Å². The Hall–Kier alpha value is -1.12. The van der Waals surface area contributed by atoms with Crippen molar-refractivity contribution in [1.82, 2.24) is 4.90 Å². The van der Waals surface area contributed by atoms with Crippen LogP contribution in [0.4, 0.5) is 0 Å². The van der Waals surface area contributed by atoms with Crippen molar-refractivity contribution in [3.63, 3.8) is 0 Å². The summed E-state index contributed by atoms with van der Waals surface area (Å²) in [6, 6.07) is 1.55. The topological polar surface area (TPSA) is 79.4 Å². The summed E-state index contributed by atoms with van der Waals surface area (Å²) in [5.41, 5.74) is 5.90. The van der Waals surface area contributed by atoms with Crippen LogP contribution in [-0.2, 0) is 9.53 Å². The third kappa shape index (κ3) is 5.66. The molecule has 0 saturated carbocycles. The maximum Gasteiger partial charge on any atom is 0.239 e. The van der Waals surface area contributed by atoms with E-state index in [2.05, 4.69) is 0 Å². The molecule has 1 unspecified atom stereocenters. The second kappa shape index (κ2) is 8.97. The Kier molecular flexibility index (Phi) is 8.38. The predicted molar refractivity (Wildman–Crippen MR) is 66.1 cm³/mol. The summed E-state index contributed by atoms with van der Waals surface area (Å²) in [5, 5.41) is 8.57. The molecular formula is C12H23N3O2. The van der Waals surface area contributed by atoms with Crippen LogP contribution in [0.5, 0.6) is 0 Å². The van der Waals surface area contributed by atoms with Gasteiger partial charge in [-0.3, -0.25) is 4.79 Å². The van der Waals surface area contributed by atoms with Gasteiger partial charge in [-0.15, -0.1) is 0 Å². The Morgan fingerprint density at radius 1 is 1.53 bits per heavy atom. The highest BCUT2D eigenvalue weighted by atomic mass is 16.5. The van der Waals surface area contributed by atoms with Gasteiger partial charge in [0.2, 0.25) is 5.91 Å². The predicted octanol–water partition coefficient (Wildman–Crippen LogP) is 0.748. The standard InChI is InChI=1S/C12H23N3O2/c1-4-10(2)11(14)12(16)15(7-5-6-13)8-9-17-3/h10-11H,4-5,7-9,14H2,1-3H3/t10?,11-/m0/s1. The summed E-state index contributed by atoms with van der Waals surface area (Å²) in [6.07, 6.45) is 1.19. The van der Waals surface area contributed by atoms with Gasteiger partial charge >= 0.3 is 0 Å². The SMILES string of the molecule is CCC(C)[C@H](N)C(=O)N(CCC#N)CCOC. The number of amides is 1. The number of nitriles is 1. The van der Waals surface area contributed by atoms with Crippen LogP contribution in [0.3, 0.4) is 0 Å². The lowest BCUT2D eigenvalue weighted by Crippen LogP contribution is -2.48. The third-order valence-corrected chi connectivity index (χ3v) is 2.91. The Morgan fingerprint density at radius 3 is 2.65 bits per heavy atom. The second-order valence-corrected chi connectivity index (χ2v) is 4.14. The zero-order valence-corrected chi connectivity index (χ0v) is 11.0. The second-order valence-electron chi connectivity index (χ2n) is 4.14. The third-order valence-electron chi connectivity index (χ3n) is 2.91. The van der Waals surface area contributed by atoms with E-state index in [1.54, 1.807) is 12.0 Å². The van der Waals surface area contributed by atoms with Gasteiger partial charge < -0.3 is 15.4 Å². The Balaban J connectivity index is 4.44. The average Bonchev–Trinajstić information content (AvgIpc) is 2.36. The van der Waals surface area contributed by atoms with Crippen molar-refractivity contribution in [2.24, 2.45) is 11.7 Å². The van der Waals surface area contributed by atoms with Crippen LogP contribution in [0.15, 0.2) is 0 Å². The van der Waals surface area contributed by atoms with Crippen molar-refractivity contribution >= 4 is 5.91 Å². The molecule has 2 N–H and O–H groups in total. The van der Waals surface area contributed by atoms with E-state index < -0.39 is 6.04 Å². The molecule has 0 aliphatic heterocycles. The molecule has 0 aromatic rings. The zero-order valence-electron chi connectivity index (χ0n) is 11.0. The fraction of sp³-hybridized carbons (Fsp3) is 0.833. The molecule has 0 aromatic heterocycles. The normalized spacial score (nSPS) is 13.8. The fourth-order valence-electron chi connectivity index (χ4n) is 1.43. The number of methoxy groups -OCH3 is 1. The molecule has 0 rings (SSSR count). The molecule has 0 spiro atoms. The molecule has 0 fully saturated rings. The van der Waals surface area contributed by atoms with Crippen LogP contribution in [0.2, 0.25) is 0 Å². The number of hydrogen-bond acceptors (Lipinski definition) is 4. The van der Waals surface area contributed by atoms with Gasteiger partial charge in [-0.25, -0.2) is 0 Å². The lowest BCUT2D eigenvalue weighted by atomic mass is 9.99. The summed E-state index contributed by atoms with van der Waals surface area (Å²) in [4.78, 5) is 13.7. The number of ether oxygens (including phenoxy) is 1. The van der Waals surface area contributed by atoms with Crippen LogP contribution in [0.25, 0.3) is 0 Å². The van der Waals surface area contributed by atoms with E-state index in [4.69, 9.17) is 15.7 Å². The molecule has 0 aliphatic carbocycles. The van der Waals surface area contributed by atoms with Gasteiger partial charge in [-0.2, -0.15) is 5.26 Å². The molecule has 0 heterocycles. The number of nitrogens with two attached hydrogens (primary N) is 1. The Morgan fingerprint density at radius 2 is 2.18 bits per heavy atom. The maximum absolute atomic E-state index is 12.1. The molecule has 5 heteroatoms. The van der Waals surface area contributed by atoms with Crippen molar-refractivity contribution in [2.75, 3.05) is 26.8 Å². The summed E-state index contributed by atoms with van der Waals surface area (Å²) in [7, 11) is 1.58. The van der Waals surface area contributed by atoms with Gasteiger partial charge in [0.15, 0.2) is 0 Å². The first kappa shape index (κ1) is 15.9. The van der Waals surface area contributed by atoms with E-state index >= 15 is 0 Å². The van der Waals surface area contributed by atoms with Gasteiger partial charge in [0, 0.05) is 20.2 Å². The van der Waals surface area contributed by atoms with Crippen molar-refractivity contribution in [3.8, 4) is 6.07 Å². The first-order chi connectivity index (χ1) is 8.08. The highest BCUT2D eigenvalue weighted by molar-refractivity contribution is 5.82. The number of carbonyl (C=O) groups excluding carboxylic acids is 1. The minimum Gasteiger partial charge on any atom is -0.383 e. The molecule has 0 radical (unpaired) electrons. The minimum absolute atomic E-state index is 0.0911. The zero-order chi connectivity index (χ0) is 13.3. The van der Waals surface area contributed by atoms with Crippen molar-refractivity contribution in [3.05, 3.63) is 0 Å². The number of nitrogens with zero attached hydrogens (tertiary/aromatic N) is 2. The maximum atomic E-state index is 12.1. The van der Waals surface area contributed by atoms with Crippen molar-refractivity contribution in [2.45, 2.75) is 32.7 Å². The van der Waals surface area contributed by atoms with Gasteiger partial charge in [-0.05, 0) is 5.92 Å². The van der Waals surface area contributed by atoms with Gasteiger partial charge in [0.05, 0.1) is 25.1 Å². The molecule has 0 saturated heterocycles.